The highest BCUT2D eigenvalue weighted by molar-refractivity contribution is 7.12. The van der Waals surface area contributed by atoms with Crippen LogP contribution in [0.3, 0.4) is 0 Å². The summed E-state index contributed by atoms with van der Waals surface area (Å²) in [6, 6.07) is 6.70. The van der Waals surface area contributed by atoms with Gasteiger partial charge in [-0.3, -0.25) is 0 Å². The third-order valence-electron chi connectivity index (χ3n) is 2.50. The molecule has 0 aliphatic carbocycles. The Morgan fingerprint density at radius 2 is 2.11 bits per heavy atom. The van der Waals surface area contributed by atoms with Crippen LogP contribution in [0.5, 0.6) is 0 Å². The molecule has 0 saturated heterocycles. The van der Waals surface area contributed by atoms with Crippen molar-refractivity contribution in [1.82, 2.24) is 19.9 Å². The van der Waals surface area contributed by atoms with Crippen molar-refractivity contribution >= 4 is 22.4 Å². The summed E-state index contributed by atoms with van der Waals surface area (Å²) in [4.78, 5) is 15.3. The maximum absolute atomic E-state index is 13.0. The van der Waals surface area contributed by atoms with Crippen LogP contribution in [-0.4, -0.2) is 19.9 Å². The third-order valence-corrected chi connectivity index (χ3v) is 3.27. The zero-order chi connectivity index (χ0) is 13.1. The number of pyridine rings is 1. The van der Waals surface area contributed by atoms with E-state index in [1.807, 2.05) is 18.3 Å². The van der Waals surface area contributed by atoms with Crippen molar-refractivity contribution in [3.8, 4) is 10.6 Å². The van der Waals surface area contributed by atoms with Crippen LogP contribution in [0.15, 0.2) is 48.4 Å². The Balaban J connectivity index is 2.15. The summed E-state index contributed by atoms with van der Waals surface area (Å²) >= 11 is 1.25. The van der Waals surface area contributed by atoms with Gasteiger partial charge in [-0.05, 0) is 24.3 Å². The van der Waals surface area contributed by atoms with E-state index < -0.39 is 5.95 Å². The van der Waals surface area contributed by atoms with Gasteiger partial charge in [-0.2, -0.15) is 4.39 Å². The highest BCUT2D eigenvalue weighted by atomic mass is 32.1. The van der Waals surface area contributed by atoms with Gasteiger partial charge in [0.15, 0.2) is 0 Å². The van der Waals surface area contributed by atoms with E-state index >= 15 is 0 Å². The predicted molar refractivity (Wildman–Crippen MR) is 72.6 cm³/mol. The van der Waals surface area contributed by atoms with Gasteiger partial charge in [-0.25, -0.2) is 15.0 Å². The van der Waals surface area contributed by atoms with Crippen LogP contribution < -0.4 is 0 Å². The van der Waals surface area contributed by atoms with E-state index in [1.165, 1.54) is 35.2 Å². The first kappa shape index (κ1) is 11.7. The summed E-state index contributed by atoms with van der Waals surface area (Å²) in [6.07, 6.45) is 5.10. The Morgan fingerprint density at radius 3 is 3.05 bits per heavy atom. The minimum Gasteiger partial charge on any atom is -0.346 e. The molecule has 3 heterocycles. The fraction of sp³-hybridized carbons (Fsp3) is 0. The fourth-order valence-electron chi connectivity index (χ4n) is 1.63. The summed E-state index contributed by atoms with van der Waals surface area (Å²) in [7, 11) is 0. The Morgan fingerprint density at radius 1 is 1.16 bits per heavy atom. The Labute approximate surface area is 112 Å². The van der Waals surface area contributed by atoms with Gasteiger partial charge in [0.05, 0.1) is 5.51 Å². The second-order valence-electron chi connectivity index (χ2n) is 3.76. The largest absolute Gasteiger partial charge is 0.346 e. The molecule has 0 aromatic carbocycles. The standard InChI is InChI=1S/C13H9FN4S/c14-11-2-1-4-16-13(19-8-18-11)10-6-9-3-5-15-12(9)17-7-10/h1-8H,(H,15,17). The van der Waals surface area contributed by atoms with Crippen LogP contribution in [0, 0.1) is 5.95 Å². The predicted octanol–water partition coefficient (Wildman–Crippen LogP) is 3.34. The highest BCUT2D eigenvalue weighted by Crippen LogP contribution is 2.22. The normalized spacial score (nSPS) is 10.4. The number of nitrogens with zero attached hydrogens (tertiary/aromatic N) is 3. The van der Waals surface area contributed by atoms with E-state index in [0.29, 0.717) is 0 Å². The minimum atomic E-state index is -0.542. The molecule has 0 radical (unpaired) electrons. The summed E-state index contributed by atoms with van der Waals surface area (Å²) in [5.74, 6) is -0.542. The molecule has 3 aromatic rings. The molecule has 0 aliphatic rings. The molecular formula is C13H9FN4S. The monoisotopic (exact) mass is 272 g/mol. The average molecular weight is 272 g/mol. The maximum atomic E-state index is 13.0. The van der Waals surface area contributed by atoms with Gasteiger partial charge in [0.2, 0.25) is 5.95 Å². The number of aromatic nitrogens is 4. The lowest BCUT2D eigenvalue weighted by molar-refractivity contribution is 0.587. The number of aromatic amines is 1. The molecule has 94 valence electrons. The number of hydrogen-bond acceptors (Lipinski definition) is 4. The van der Waals surface area contributed by atoms with Gasteiger partial charge in [-0.1, -0.05) is 0 Å². The summed E-state index contributed by atoms with van der Waals surface area (Å²) in [6.45, 7) is 0. The van der Waals surface area contributed by atoms with Gasteiger partial charge in [0, 0.05) is 29.5 Å². The zero-order valence-corrected chi connectivity index (χ0v) is 10.6. The van der Waals surface area contributed by atoms with Crippen molar-refractivity contribution in [3.63, 3.8) is 0 Å². The van der Waals surface area contributed by atoms with Crippen LogP contribution in [0.1, 0.15) is 0 Å². The molecule has 0 amide bonds. The molecule has 0 saturated carbocycles. The average Bonchev–Trinajstić information content (AvgIpc) is 2.90. The van der Waals surface area contributed by atoms with E-state index in [9.17, 15) is 4.39 Å². The summed E-state index contributed by atoms with van der Waals surface area (Å²) in [5.41, 5.74) is 3.13. The number of hydrogen-bond donors (Lipinski definition) is 1. The van der Waals surface area contributed by atoms with Crippen molar-refractivity contribution in [1.29, 1.82) is 0 Å². The highest BCUT2D eigenvalue weighted by Gasteiger charge is 2.01. The first-order chi connectivity index (χ1) is 9.33. The molecule has 0 fully saturated rings. The van der Waals surface area contributed by atoms with Crippen molar-refractivity contribution in [2.24, 2.45) is 0 Å². The molecule has 3 aromatic heterocycles. The lowest BCUT2D eigenvalue weighted by Crippen LogP contribution is -1.81. The summed E-state index contributed by atoms with van der Waals surface area (Å²) in [5, 5.41) is 1.73. The van der Waals surface area contributed by atoms with Crippen molar-refractivity contribution < 1.29 is 4.39 Å². The Kier molecular flexibility index (Phi) is 3.16. The van der Waals surface area contributed by atoms with Gasteiger partial charge in [0.1, 0.15) is 10.7 Å². The topological polar surface area (TPSA) is 54.5 Å². The van der Waals surface area contributed by atoms with Crippen LogP contribution in [-0.2, 0) is 0 Å². The second-order valence-corrected chi connectivity index (χ2v) is 4.59. The number of rotatable bonds is 1. The van der Waals surface area contributed by atoms with E-state index in [1.54, 1.807) is 6.20 Å². The molecular weight excluding hydrogens is 263 g/mol. The number of fused-ring (bicyclic) bond motifs is 1. The molecule has 1 N–H and O–H groups in total. The number of nitrogens with one attached hydrogen (secondary N) is 1. The lowest BCUT2D eigenvalue weighted by atomic mass is 10.2. The molecule has 6 heteroatoms. The molecule has 19 heavy (non-hydrogen) atoms. The van der Waals surface area contributed by atoms with Crippen LogP contribution >= 0.6 is 11.3 Å². The van der Waals surface area contributed by atoms with Crippen molar-refractivity contribution in [3.05, 3.63) is 54.3 Å². The minimum absolute atomic E-state index is 0.542. The fourth-order valence-corrected chi connectivity index (χ4v) is 2.26. The van der Waals surface area contributed by atoms with E-state index in [0.717, 1.165) is 21.6 Å². The van der Waals surface area contributed by atoms with E-state index in [2.05, 4.69) is 19.9 Å². The van der Waals surface area contributed by atoms with Crippen molar-refractivity contribution in [2.75, 3.05) is 0 Å². The molecule has 3 rings (SSSR count). The van der Waals surface area contributed by atoms with Gasteiger partial charge < -0.3 is 4.98 Å². The van der Waals surface area contributed by atoms with Crippen molar-refractivity contribution in [2.45, 2.75) is 0 Å². The van der Waals surface area contributed by atoms with Crippen LogP contribution in [0.4, 0.5) is 4.39 Å². The molecule has 0 spiro atoms. The smallest absolute Gasteiger partial charge is 0.213 e. The molecule has 0 atom stereocenters. The number of halogens is 1. The molecule has 0 unspecified atom stereocenters. The SMILES string of the molecule is Fc1cccnc(-c2cnc3[nH]ccc3c2)scn1. The first-order valence-corrected chi connectivity index (χ1v) is 6.44. The quantitative estimate of drug-likeness (QED) is 0.739. The maximum Gasteiger partial charge on any atom is 0.213 e. The van der Waals surface area contributed by atoms with Gasteiger partial charge in [-0.15, -0.1) is 11.3 Å². The van der Waals surface area contributed by atoms with E-state index in [4.69, 9.17) is 0 Å². The lowest BCUT2D eigenvalue weighted by Gasteiger charge is -1.96. The third kappa shape index (κ3) is 2.58. The Bertz CT molecular complexity index is 764. The molecule has 0 aliphatic heterocycles. The Hall–Kier alpha value is -2.34. The van der Waals surface area contributed by atoms with Crippen LogP contribution in [0.25, 0.3) is 21.6 Å². The molecule has 0 bridgehead atoms. The van der Waals surface area contributed by atoms with Gasteiger partial charge in [0.25, 0.3) is 0 Å². The number of H-pyrrole nitrogens is 1. The van der Waals surface area contributed by atoms with Crippen LogP contribution in [0.2, 0.25) is 0 Å². The summed E-state index contributed by atoms with van der Waals surface area (Å²) < 4.78 is 13.0. The van der Waals surface area contributed by atoms with E-state index in [-0.39, 0.29) is 0 Å². The second kappa shape index (κ2) is 5.11. The van der Waals surface area contributed by atoms with Gasteiger partial charge >= 0.3 is 0 Å². The zero-order valence-electron chi connectivity index (χ0n) is 9.75. The molecule has 4 nitrogen and oxygen atoms in total. The first-order valence-electron chi connectivity index (χ1n) is 5.56.